The summed E-state index contributed by atoms with van der Waals surface area (Å²) in [7, 11) is -3.60. The highest BCUT2D eigenvalue weighted by molar-refractivity contribution is 7.89. The zero-order valence-corrected chi connectivity index (χ0v) is 13.2. The molecule has 126 valence electrons. The van der Waals surface area contributed by atoms with Crippen molar-refractivity contribution in [1.82, 2.24) is 14.5 Å². The van der Waals surface area contributed by atoms with Gasteiger partial charge in [0.15, 0.2) is 5.69 Å². The average Bonchev–Trinajstić information content (AvgIpc) is 2.86. The first-order valence-corrected chi connectivity index (χ1v) is 8.35. The van der Waals surface area contributed by atoms with Gasteiger partial charge in [0, 0.05) is 18.8 Å². The lowest BCUT2D eigenvalue weighted by atomic mass is 10.3. The van der Waals surface area contributed by atoms with Crippen molar-refractivity contribution in [3.05, 3.63) is 47.8 Å². The number of nitrogens with zero attached hydrogens (tertiary/aromatic N) is 2. The molecule has 5 nitrogen and oxygen atoms in total. The Morgan fingerprint density at radius 2 is 1.87 bits per heavy atom. The van der Waals surface area contributed by atoms with Crippen molar-refractivity contribution < 1.29 is 21.6 Å². The molecular formula is C14H16F3N3O2S. The standard InChI is InChI=1S/C14H16F3N3O2S/c1-11-10-13(14(15,16)17)19-20(11)9-5-8-18-23(21,22)12-6-3-2-4-7-12/h2-4,6-7,10,18H,5,8-9H2,1H3. The molecule has 0 aliphatic rings. The molecule has 0 saturated carbocycles. The highest BCUT2D eigenvalue weighted by Gasteiger charge is 2.34. The van der Waals surface area contributed by atoms with Gasteiger partial charge in [-0.2, -0.15) is 18.3 Å². The van der Waals surface area contributed by atoms with E-state index in [2.05, 4.69) is 9.82 Å². The predicted octanol–water partition coefficient (Wildman–Crippen LogP) is 2.58. The first kappa shape index (κ1) is 17.5. The van der Waals surface area contributed by atoms with E-state index in [0.717, 1.165) is 6.07 Å². The van der Waals surface area contributed by atoms with Crippen LogP contribution in [0.1, 0.15) is 17.8 Å². The molecule has 0 amide bonds. The van der Waals surface area contributed by atoms with Gasteiger partial charge in [-0.15, -0.1) is 0 Å². The predicted molar refractivity (Wildman–Crippen MR) is 78.2 cm³/mol. The normalized spacial score (nSPS) is 12.5. The van der Waals surface area contributed by atoms with E-state index in [1.54, 1.807) is 18.2 Å². The van der Waals surface area contributed by atoms with E-state index >= 15 is 0 Å². The van der Waals surface area contributed by atoms with Crippen molar-refractivity contribution >= 4 is 10.0 Å². The van der Waals surface area contributed by atoms with Crippen molar-refractivity contribution in [3.8, 4) is 0 Å². The molecule has 2 aromatic rings. The van der Waals surface area contributed by atoms with Crippen LogP contribution in [0.3, 0.4) is 0 Å². The molecule has 0 spiro atoms. The van der Waals surface area contributed by atoms with Gasteiger partial charge in [-0.3, -0.25) is 4.68 Å². The second kappa shape index (κ2) is 6.71. The number of aryl methyl sites for hydroxylation is 2. The van der Waals surface area contributed by atoms with E-state index in [1.807, 2.05) is 0 Å². The molecule has 1 N–H and O–H groups in total. The van der Waals surface area contributed by atoms with Crippen LogP contribution in [0.4, 0.5) is 13.2 Å². The molecule has 23 heavy (non-hydrogen) atoms. The minimum Gasteiger partial charge on any atom is -0.269 e. The highest BCUT2D eigenvalue weighted by atomic mass is 32.2. The lowest BCUT2D eigenvalue weighted by Crippen LogP contribution is -2.25. The molecular weight excluding hydrogens is 331 g/mol. The summed E-state index contributed by atoms with van der Waals surface area (Å²) in [5.74, 6) is 0. The molecule has 0 fully saturated rings. The zero-order chi connectivity index (χ0) is 17.1. The Morgan fingerprint density at radius 3 is 2.43 bits per heavy atom. The Labute approximate surface area is 132 Å². The number of aromatic nitrogens is 2. The summed E-state index contributed by atoms with van der Waals surface area (Å²) in [5.41, 5.74) is -0.567. The highest BCUT2D eigenvalue weighted by Crippen LogP contribution is 2.28. The minimum absolute atomic E-state index is 0.109. The van der Waals surface area contributed by atoms with E-state index in [1.165, 1.54) is 23.7 Å². The molecule has 1 aromatic carbocycles. The monoisotopic (exact) mass is 347 g/mol. The molecule has 0 saturated heterocycles. The summed E-state index contributed by atoms with van der Waals surface area (Å²) in [6.07, 6.45) is -4.16. The maximum absolute atomic E-state index is 12.5. The molecule has 0 bridgehead atoms. The van der Waals surface area contributed by atoms with Gasteiger partial charge in [0.1, 0.15) is 0 Å². The van der Waals surface area contributed by atoms with Crippen LogP contribution in [-0.2, 0) is 22.7 Å². The average molecular weight is 347 g/mol. The van der Waals surface area contributed by atoms with Gasteiger partial charge in [0.2, 0.25) is 10.0 Å². The van der Waals surface area contributed by atoms with Crippen LogP contribution in [0, 0.1) is 6.92 Å². The third kappa shape index (κ3) is 4.55. The number of hydrogen-bond acceptors (Lipinski definition) is 3. The number of sulfonamides is 1. The van der Waals surface area contributed by atoms with Crippen molar-refractivity contribution in [3.63, 3.8) is 0 Å². The van der Waals surface area contributed by atoms with Gasteiger partial charge in [-0.25, -0.2) is 13.1 Å². The van der Waals surface area contributed by atoms with Gasteiger partial charge >= 0.3 is 6.18 Å². The Hall–Kier alpha value is -1.87. The molecule has 1 aromatic heterocycles. The quantitative estimate of drug-likeness (QED) is 0.817. The minimum atomic E-state index is -4.48. The van der Waals surface area contributed by atoms with Crippen LogP contribution in [0.2, 0.25) is 0 Å². The third-order valence-electron chi connectivity index (χ3n) is 3.16. The molecule has 0 unspecified atom stereocenters. The van der Waals surface area contributed by atoms with Crippen LogP contribution in [0.15, 0.2) is 41.3 Å². The van der Waals surface area contributed by atoms with E-state index < -0.39 is 21.9 Å². The number of benzene rings is 1. The van der Waals surface area contributed by atoms with Gasteiger partial charge in [0.05, 0.1) is 4.90 Å². The van der Waals surface area contributed by atoms with Crippen LogP contribution in [-0.4, -0.2) is 24.7 Å². The second-order valence-corrected chi connectivity index (χ2v) is 6.72. The van der Waals surface area contributed by atoms with Crippen LogP contribution >= 0.6 is 0 Å². The maximum atomic E-state index is 12.5. The number of hydrogen-bond donors (Lipinski definition) is 1. The Bertz CT molecular complexity index is 755. The third-order valence-corrected chi connectivity index (χ3v) is 4.64. The number of alkyl halides is 3. The summed E-state index contributed by atoms with van der Waals surface area (Å²) in [4.78, 5) is 0.148. The van der Waals surface area contributed by atoms with Crippen molar-refractivity contribution in [1.29, 1.82) is 0 Å². The lowest BCUT2D eigenvalue weighted by molar-refractivity contribution is -0.141. The fourth-order valence-electron chi connectivity index (χ4n) is 1.99. The first-order chi connectivity index (χ1) is 10.7. The summed E-state index contributed by atoms with van der Waals surface area (Å²) in [5, 5.41) is 3.49. The van der Waals surface area contributed by atoms with E-state index in [9.17, 15) is 21.6 Å². The summed E-state index contributed by atoms with van der Waals surface area (Å²) < 4.78 is 65.2. The van der Waals surface area contributed by atoms with Crippen LogP contribution < -0.4 is 4.72 Å². The van der Waals surface area contributed by atoms with Crippen molar-refractivity contribution in [2.45, 2.75) is 31.0 Å². The van der Waals surface area contributed by atoms with Gasteiger partial charge in [-0.05, 0) is 31.5 Å². The molecule has 1 heterocycles. The molecule has 0 atom stereocenters. The maximum Gasteiger partial charge on any atom is 0.435 e. The van der Waals surface area contributed by atoms with Gasteiger partial charge < -0.3 is 0 Å². The number of nitrogens with one attached hydrogen (secondary N) is 1. The lowest BCUT2D eigenvalue weighted by Gasteiger charge is -2.08. The molecule has 0 radical (unpaired) electrons. The van der Waals surface area contributed by atoms with Crippen molar-refractivity contribution in [2.75, 3.05) is 6.54 Å². The fraction of sp³-hybridized carbons (Fsp3) is 0.357. The van der Waals surface area contributed by atoms with Gasteiger partial charge in [-0.1, -0.05) is 18.2 Å². The molecule has 9 heteroatoms. The zero-order valence-electron chi connectivity index (χ0n) is 12.3. The smallest absolute Gasteiger partial charge is 0.269 e. The van der Waals surface area contributed by atoms with E-state index in [-0.39, 0.29) is 18.0 Å². The number of halogens is 3. The Kier molecular flexibility index (Phi) is 5.10. The number of rotatable bonds is 6. The fourth-order valence-corrected chi connectivity index (χ4v) is 3.09. The van der Waals surface area contributed by atoms with Gasteiger partial charge in [0.25, 0.3) is 0 Å². The second-order valence-electron chi connectivity index (χ2n) is 4.96. The Morgan fingerprint density at radius 1 is 1.22 bits per heavy atom. The molecule has 0 aliphatic carbocycles. The SMILES string of the molecule is Cc1cc(C(F)(F)F)nn1CCCNS(=O)(=O)c1ccccc1. The van der Waals surface area contributed by atoms with Crippen molar-refractivity contribution in [2.24, 2.45) is 0 Å². The van der Waals surface area contributed by atoms with Crippen LogP contribution in [0.5, 0.6) is 0 Å². The summed E-state index contributed by atoms with van der Waals surface area (Å²) >= 11 is 0. The largest absolute Gasteiger partial charge is 0.435 e. The summed E-state index contributed by atoms with van der Waals surface area (Å²) in [6.45, 7) is 1.83. The first-order valence-electron chi connectivity index (χ1n) is 6.86. The molecule has 0 aliphatic heterocycles. The van der Waals surface area contributed by atoms with E-state index in [4.69, 9.17) is 0 Å². The van der Waals surface area contributed by atoms with E-state index in [0.29, 0.717) is 12.1 Å². The Balaban J connectivity index is 1.90. The summed E-state index contributed by atoms with van der Waals surface area (Å²) in [6, 6.07) is 8.83. The van der Waals surface area contributed by atoms with Crippen LogP contribution in [0.25, 0.3) is 0 Å². The topological polar surface area (TPSA) is 64.0 Å². The molecule has 2 rings (SSSR count).